The highest BCUT2D eigenvalue weighted by atomic mass is 16.3. The van der Waals surface area contributed by atoms with Crippen LogP contribution < -0.4 is 0 Å². The van der Waals surface area contributed by atoms with Crippen molar-refractivity contribution in [1.29, 1.82) is 0 Å². The summed E-state index contributed by atoms with van der Waals surface area (Å²) in [5.74, 6) is -0.0747. The largest absolute Gasteiger partial charge is 0.394 e. The maximum atomic E-state index is 10.9. The Hall–Kier alpha value is -0.610. The smallest absolute Gasteiger partial charge is 0.220 e. The minimum Gasteiger partial charge on any atom is -0.394 e. The van der Waals surface area contributed by atoms with Gasteiger partial charge in [0, 0.05) is 6.92 Å². The van der Waals surface area contributed by atoms with Crippen LogP contribution in [0.4, 0.5) is 0 Å². The van der Waals surface area contributed by atoms with Crippen LogP contribution in [0, 0.1) is 0 Å². The molecule has 0 radical (unpaired) electrons. The fraction of sp³-hybridized carbons (Fsp3) is 0.857. The number of aliphatic hydroxyl groups excluding tert-OH is 2. The van der Waals surface area contributed by atoms with Gasteiger partial charge in [0.05, 0.1) is 25.3 Å². The van der Waals surface area contributed by atoms with E-state index in [9.17, 15) is 4.79 Å². The summed E-state index contributed by atoms with van der Waals surface area (Å²) in [6, 6.07) is -0.130. The van der Waals surface area contributed by atoms with Crippen molar-refractivity contribution in [2.45, 2.75) is 25.4 Å². The molecule has 0 saturated carbocycles. The van der Waals surface area contributed by atoms with Crippen molar-refractivity contribution in [3.63, 3.8) is 0 Å². The lowest BCUT2D eigenvalue weighted by atomic mass is 9.94. The number of amides is 1. The first kappa shape index (κ1) is 8.49. The van der Waals surface area contributed by atoms with Gasteiger partial charge >= 0.3 is 0 Å². The fourth-order valence-corrected chi connectivity index (χ4v) is 1.54. The van der Waals surface area contributed by atoms with Crippen molar-refractivity contribution in [2.24, 2.45) is 0 Å². The molecule has 1 fully saturated rings. The minimum absolute atomic E-state index is 0.00389. The molecule has 0 unspecified atom stereocenters. The van der Waals surface area contributed by atoms with E-state index in [1.165, 1.54) is 11.8 Å². The zero-order chi connectivity index (χ0) is 8.43. The van der Waals surface area contributed by atoms with Gasteiger partial charge in [0.1, 0.15) is 0 Å². The molecule has 0 aromatic carbocycles. The van der Waals surface area contributed by atoms with Crippen molar-refractivity contribution in [1.82, 2.24) is 4.90 Å². The van der Waals surface area contributed by atoms with Gasteiger partial charge in [0.25, 0.3) is 0 Å². The fourth-order valence-electron chi connectivity index (χ4n) is 1.54. The number of likely N-dealkylation sites (tertiary alicyclic amines) is 1. The minimum atomic E-state index is -0.0747. The van der Waals surface area contributed by atoms with E-state index in [2.05, 4.69) is 0 Å². The molecule has 4 heteroatoms. The molecule has 4 nitrogen and oxygen atoms in total. The van der Waals surface area contributed by atoms with Crippen LogP contribution in [0.2, 0.25) is 0 Å². The predicted octanol–water partition coefficient (Wildman–Crippen LogP) is -1.04. The van der Waals surface area contributed by atoms with Crippen molar-refractivity contribution in [2.75, 3.05) is 13.2 Å². The quantitative estimate of drug-likeness (QED) is 0.541. The van der Waals surface area contributed by atoms with Crippen molar-refractivity contribution in [3.05, 3.63) is 0 Å². The van der Waals surface area contributed by atoms with Gasteiger partial charge in [-0.2, -0.15) is 0 Å². The third kappa shape index (κ3) is 1.36. The number of hydrogen-bond acceptors (Lipinski definition) is 3. The summed E-state index contributed by atoms with van der Waals surface area (Å²) in [4.78, 5) is 12.4. The Balaban J connectivity index is 2.49. The molecule has 1 aliphatic rings. The molecule has 1 amide bonds. The van der Waals surface area contributed by atoms with Crippen LogP contribution in [0.5, 0.6) is 0 Å². The molecule has 1 heterocycles. The monoisotopic (exact) mass is 159 g/mol. The molecule has 1 saturated heterocycles. The van der Waals surface area contributed by atoms with Crippen molar-refractivity contribution < 1.29 is 15.0 Å². The number of carbonyl (C=O) groups excluding carboxylic acids is 1. The first-order valence-corrected chi connectivity index (χ1v) is 3.71. The average Bonchev–Trinajstić information content (AvgIpc) is 1.86. The standard InChI is InChI=1S/C7H13NO3/c1-5(11)8-6(3-9)2-7(8)4-10/h6-7,9-10H,2-4H2,1H3/t6-,7-/m0/s1. The number of carbonyl (C=O) groups is 1. The highest BCUT2D eigenvalue weighted by Crippen LogP contribution is 2.24. The Kier molecular flexibility index (Phi) is 2.46. The summed E-state index contributed by atoms with van der Waals surface area (Å²) in [5, 5.41) is 17.5. The molecular weight excluding hydrogens is 146 g/mol. The van der Waals surface area contributed by atoms with E-state index >= 15 is 0 Å². The molecule has 11 heavy (non-hydrogen) atoms. The van der Waals surface area contributed by atoms with Gasteiger partial charge in [-0.3, -0.25) is 4.79 Å². The lowest BCUT2D eigenvalue weighted by Crippen LogP contribution is -2.60. The number of aliphatic hydroxyl groups is 2. The van der Waals surface area contributed by atoms with E-state index in [4.69, 9.17) is 10.2 Å². The normalized spacial score (nSPS) is 29.9. The molecule has 0 aromatic rings. The number of nitrogens with zero attached hydrogens (tertiary/aromatic N) is 1. The summed E-state index contributed by atoms with van der Waals surface area (Å²) in [5.41, 5.74) is 0. The molecule has 1 rings (SSSR count). The molecule has 0 aliphatic carbocycles. The second-order valence-corrected chi connectivity index (χ2v) is 2.83. The van der Waals surface area contributed by atoms with Gasteiger partial charge in [-0.15, -0.1) is 0 Å². The molecule has 0 aromatic heterocycles. The summed E-state index contributed by atoms with van der Waals surface area (Å²) < 4.78 is 0. The second-order valence-electron chi connectivity index (χ2n) is 2.83. The zero-order valence-corrected chi connectivity index (χ0v) is 6.53. The first-order valence-electron chi connectivity index (χ1n) is 3.71. The molecule has 64 valence electrons. The lowest BCUT2D eigenvalue weighted by Gasteiger charge is -2.46. The van der Waals surface area contributed by atoms with Gasteiger partial charge in [-0.05, 0) is 6.42 Å². The van der Waals surface area contributed by atoms with Crippen molar-refractivity contribution in [3.8, 4) is 0 Å². The maximum absolute atomic E-state index is 10.9. The van der Waals surface area contributed by atoms with Crippen LogP contribution in [0.1, 0.15) is 13.3 Å². The summed E-state index contributed by atoms with van der Waals surface area (Å²) in [6.07, 6.45) is 0.715. The van der Waals surface area contributed by atoms with E-state index in [0.29, 0.717) is 6.42 Å². The van der Waals surface area contributed by atoms with Crippen LogP contribution >= 0.6 is 0 Å². The van der Waals surface area contributed by atoms with E-state index in [1.54, 1.807) is 0 Å². The molecule has 2 N–H and O–H groups in total. The Bertz CT molecular complexity index is 150. The van der Waals surface area contributed by atoms with E-state index in [-0.39, 0.29) is 31.2 Å². The zero-order valence-electron chi connectivity index (χ0n) is 6.53. The Morgan fingerprint density at radius 1 is 1.45 bits per heavy atom. The van der Waals surface area contributed by atoms with Crippen LogP contribution in [0.15, 0.2) is 0 Å². The van der Waals surface area contributed by atoms with Gasteiger partial charge < -0.3 is 15.1 Å². The Morgan fingerprint density at radius 3 is 2.18 bits per heavy atom. The van der Waals surface area contributed by atoms with Gasteiger partial charge in [-0.25, -0.2) is 0 Å². The van der Waals surface area contributed by atoms with E-state index < -0.39 is 0 Å². The van der Waals surface area contributed by atoms with Crippen molar-refractivity contribution >= 4 is 5.91 Å². The summed E-state index contributed by atoms with van der Waals surface area (Å²) in [7, 11) is 0. The second kappa shape index (κ2) is 3.19. The molecule has 0 spiro atoms. The lowest BCUT2D eigenvalue weighted by molar-refractivity contribution is -0.147. The van der Waals surface area contributed by atoms with Gasteiger partial charge in [-0.1, -0.05) is 0 Å². The number of rotatable bonds is 2. The third-order valence-electron chi connectivity index (χ3n) is 2.12. The highest BCUT2D eigenvalue weighted by Gasteiger charge is 2.38. The summed E-state index contributed by atoms with van der Waals surface area (Å²) in [6.45, 7) is 1.44. The van der Waals surface area contributed by atoms with Crippen LogP contribution in [0.25, 0.3) is 0 Å². The number of hydrogen-bond donors (Lipinski definition) is 2. The van der Waals surface area contributed by atoms with Gasteiger partial charge in [0.2, 0.25) is 5.91 Å². The van der Waals surface area contributed by atoms with Gasteiger partial charge in [0.15, 0.2) is 0 Å². The maximum Gasteiger partial charge on any atom is 0.220 e. The van der Waals surface area contributed by atoms with Crippen LogP contribution in [-0.4, -0.2) is 46.3 Å². The van der Waals surface area contributed by atoms with E-state index in [1.807, 2.05) is 0 Å². The summed E-state index contributed by atoms with van der Waals surface area (Å²) >= 11 is 0. The molecule has 1 aliphatic heterocycles. The van der Waals surface area contributed by atoms with E-state index in [0.717, 1.165) is 0 Å². The predicted molar refractivity (Wildman–Crippen MR) is 38.9 cm³/mol. The first-order chi connectivity index (χ1) is 5.20. The Labute approximate surface area is 65.4 Å². The highest BCUT2D eigenvalue weighted by molar-refractivity contribution is 5.75. The Morgan fingerprint density at radius 2 is 1.91 bits per heavy atom. The van der Waals surface area contributed by atoms with Crippen LogP contribution in [0.3, 0.4) is 0 Å². The average molecular weight is 159 g/mol. The topological polar surface area (TPSA) is 60.8 Å². The third-order valence-corrected chi connectivity index (χ3v) is 2.12. The molecule has 0 bridgehead atoms. The molecular formula is C7H13NO3. The SMILES string of the molecule is CC(=O)N1[C@H](CO)C[C@H]1CO. The van der Waals surface area contributed by atoms with Crippen LogP contribution in [-0.2, 0) is 4.79 Å². The molecule has 2 atom stereocenters.